The number of hydrogen-bond donors (Lipinski definition) is 2. The Morgan fingerprint density at radius 3 is 2.85 bits per heavy atom. The second-order valence-electron chi connectivity index (χ2n) is 5.46. The van der Waals surface area contributed by atoms with Gasteiger partial charge in [0.1, 0.15) is 0 Å². The molecule has 0 saturated heterocycles. The number of aliphatic hydroxyl groups excluding tert-OH is 1. The zero-order chi connectivity index (χ0) is 14.5. The van der Waals surface area contributed by atoms with Gasteiger partial charge in [0, 0.05) is 23.6 Å². The summed E-state index contributed by atoms with van der Waals surface area (Å²) in [6, 6.07) is 5.89. The van der Waals surface area contributed by atoms with E-state index in [9.17, 15) is 4.79 Å². The van der Waals surface area contributed by atoms with Crippen LogP contribution in [0.1, 0.15) is 47.7 Å². The van der Waals surface area contributed by atoms with Crippen LogP contribution in [0.3, 0.4) is 0 Å². The number of carbonyl (C=O) groups is 1. The highest BCUT2D eigenvalue weighted by Gasteiger charge is 2.29. The van der Waals surface area contributed by atoms with Gasteiger partial charge >= 0.3 is 0 Å². The van der Waals surface area contributed by atoms with Crippen LogP contribution >= 0.6 is 0 Å². The molecule has 1 unspecified atom stereocenters. The van der Waals surface area contributed by atoms with E-state index in [2.05, 4.69) is 24.1 Å². The van der Waals surface area contributed by atoms with Crippen LogP contribution in [0.4, 0.5) is 0 Å². The third-order valence-electron chi connectivity index (χ3n) is 3.50. The minimum Gasteiger partial charge on any atom is -0.395 e. The van der Waals surface area contributed by atoms with Gasteiger partial charge in [-0.25, -0.2) is 0 Å². The van der Waals surface area contributed by atoms with E-state index in [0.717, 1.165) is 11.1 Å². The van der Waals surface area contributed by atoms with Gasteiger partial charge in [0.05, 0.1) is 6.61 Å². The fraction of sp³-hybridized carbons (Fsp3) is 0.471. The van der Waals surface area contributed by atoms with Crippen LogP contribution in [0.25, 0.3) is 0 Å². The Balaban J connectivity index is 2.10. The Morgan fingerprint density at radius 2 is 2.20 bits per heavy atom. The van der Waals surface area contributed by atoms with Gasteiger partial charge in [0.2, 0.25) is 0 Å². The number of benzene rings is 1. The standard InChI is InChI=1S/C17H21NO2/c1-12-9-14(5-3-4-8-19)11-16(10-12)17(20)18-13(2)15-6-7-15/h9-11,13,15,19H,4,6-8H2,1-2H3,(H,18,20). The molecule has 2 N–H and O–H groups in total. The summed E-state index contributed by atoms with van der Waals surface area (Å²) in [6.07, 6.45) is 2.88. The second kappa shape index (κ2) is 6.58. The van der Waals surface area contributed by atoms with E-state index >= 15 is 0 Å². The highest BCUT2D eigenvalue weighted by Crippen LogP contribution is 2.32. The van der Waals surface area contributed by atoms with Gasteiger partial charge in [0.25, 0.3) is 5.91 Å². The Bertz CT molecular complexity index is 550. The first-order chi connectivity index (χ1) is 9.60. The Kier molecular flexibility index (Phi) is 4.81. The molecule has 0 radical (unpaired) electrons. The van der Waals surface area contributed by atoms with Gasteiger partial charge in [-0.15, -0.1) is 0 Å². The van der Waals surface area contributed by atoms with Crippen LogP contribution in [0.15, 0.2) is 18.2 Å². The molecule has 0 heterocycles. The molecule has 20 heavy (non-hydrogen) atoms. The molecular formula is C17H21NO2. The predicted molar refractivity (Wildman–Crippen MR) is 79.4 cm³/mol. The zero-order valence-electron chi connectivity index (χ0n) is 12.1. The molecule has 1 fully saturated rings. The van der Waals surface area contributed by atoms with Crippen molar-refractivity contribution >= 4 is 5.91 Å². The summed E-state index contributed by atoms with van der Waals surface area (Å²) in [6.45, 7) is 4.08. The molecule has 2 rings (SSSR count). The maximum atomic E-state index is 12.2. The molecule has 1 amide bonds. The van der Waals surface area contributed by atoms with E-state index in [4.69, 9.17) is 5.11 Å². The van der Waals surface area contributed by atoms with Gasteiger partial charge in [0.15, 0.2) is 0 Å². The molecule has 0 aromatic heterocycles. The summed E-state index contributed by atoms with van der Waals surface area (Å²) < 4.78 is 0. The summed E-state index contributed by atoms with van der Waals surface area (Å²) in [5.74, 6) is 6.48. The van der Waals surface area contributed by atoms with Gasteiger partial charge < -0.3 is 10.4 Å². The quantitative estimate of drug-likeness (QED) is 0.825. The van der Waals surface area contributed by atoms with Crippen molar-refractivity contribution in [1.29, 1.82) is 0 Å². The van der Waals surface area contributed by atoms with Crippen LogP contribution in [0.5, 0.6) is 0 Å². The number of carbonyl (C=O) groups excluding carboxylic acids is 1. The fourth-order valence-electron chi connectivity index (χ4n) is 2.21. The van der Waals surface area contributed by atoms with Gasteiger partial charge in [-0.3, -0.25) is 4.79 Å². The first-order valence-electron chi connectivity index (χ1n) is 7.12. The SMILES string of the molecule is Cc1cc(C#CCCO)cc(C(=O)NC(C)C2CC2)c1. The van der Waals surface area contributed by atoms with E-state index in [1.54, 1.807) is 0 Å². The third kappa shape index (κ3) is 4.11. The van der Waals surface area contributed by atoms with Crippen LogP contribution < -0.4 is 5.32 Å². The maximum absolute atomic E-state index is 12.2. The molecule has 1 aromatic carbocycles. The number of aliphatic hydroxyl groups is 1. The lowest BCUT2D eigenvalue weighted by Crippen LogP contribution is -2.34. The number of amides is 1. The largest absolute Gasteiger partial charge is 0.395 e. The van der Waals surface area contributed by atoms with Gasteiger partial charge in [-0.1, -0.05) is 11.8 Å². The molecule has 0 spiro atoms. The van der Waals surface area contributed by atoms with Crippen LogP contribution in [-0.2, 0) is 0 Å². The lowest BCUT2D eigenvalue weighted by molar-refractivity contribution is 0.0935. The molecule has 0 aliphatic heterocycles. The smallest absolute Gasteiger partial charge is 0.251 e. The fourth-order valence-corrected chi connectivity index (χ4v) is 2.21. The number of aryl methyl sites for hydroxylation is 1. The maximum Gasteiger partial charge on any atom is 0.251 e. The van der Waals surface area contributed by atoms with Gasteiger partial charge in [-0.05, 0) is 56.4 Å². The number of rotatable bonds is 4. The highest BCUT2D eigenvalue weighted by molar-refractivity contribution is 5.95. The topological polar surface area (TPSA) is 49.3 Å². The monoisotopic (exact) mass is 271 g/mol. The van der Waals surface area contributed by atoms with Crippen molar-refractivity contribution in [3.63, 3.8) is 0 Å². The van der Waals surface area contributed by atoms with Crippen molar-refractivity contribution in [3.8, 4) is 11.8 Å². The van der Waals surface area contributed by atoms with E-state index in [1.807, 2.05) is 25.1 Å². The normalized spacial score (nSPS) is 15.2. The summed E-state index contributed by atoms with van der Waals surface area (Å²) in [5, 5.41) is 11.8. The van der Waals surface area contributed by atoms with E-state index < -0.39 is 0 Å². The second-order valence-corrected chi connectivity index (χ2v) is 5.46. The Morgan fingerprint density at radius 1 is 1.45 bits per heavy atom. The molecule has 1 aliphatic carbocycles. The van der Waals surface area contributed by atoms with E-state index in [1.165, 1.54) is 12.8 Å². The predicted octanol–water partition coefficient (Wildman–Crippen LogP) is 2.26. The third-order valence-corrected chi connectivity index (χ3v) is 3.50. The lowest BCUT2D eigenvalue weighted by atomic mass is 10.1. The van der Waals surface area contributed by atoms with Crippen LogP contribution in [0, 0.1) is 24.7 Å². The average molecular weight is 271 g/mol. The van der Waals surface area contributed by atoms with Crippen molar-refractivity contribution < 1.29 is 9.90 Å². The molecule has 1 atom stereocenters. The molecule has 0 bridgehead atoms. The minimum absolute atomic E-state index is 0.0293. The highest BCUT2D eigenvalue weighted by atomic mass is 16.2. The molecule has 106 valence electrons. The summed E-state index contributed by atoms with van der Waals surface area (Å²) in [5.41, 5.74) is 2.50. The van der Waals surface area contributed by atoms with E-state index in [-0.39, 0.29) is 18.6 Å². The summed E-state index contributed by atoms with van der Waals surface area (Å²) >= 11 is 0. The number of hydrogen-bond acceptors (Lipinski definition) is 2. The Labute approximate surface area is 120 Å². The molecule has 1 aromatic rings. The lowest BCUT2D eigenvalue weighted by Gasteiger charge is -2.13. The van der Waals surface area contributed by atoms with Crippen molar-refractivity contribution in [1.82, 2.24) is 5.32 Å². The molecule has 1 saturated carbocycles. The molecule has 3 heteroatoms. The van der Waals surface area contributed by atoms with Gasteiger partial charge in [-0.2, -0.15) is 0 Å². The average Bonchev–Trinajstić information content (AvgIpc) is 3.22. The molecular weight excluding hydrogens is 250 g/mol. The first kappa shape index (κ1) is 14.6. The van der Waals surface area contributed by atoms with Crippen molar-refractivity contribution in [2.24, 2.45) is 5.92 Å². The van der Waals surface area contributed by atoms with Crippen molar-refractivity contribution in [3.05, 3.63) is 34.9 Å². The minimum atomic E-state index is -0.0293. The van der Waals surface area contributed by atoms with Crippen molar-refractivity contribution in [2.45, 2.75) is 39.2 Å². The van der Waals surface area contributed by atoms with E-state index in [0.29, 0.717) is 17.9 Å². The molecule has 1 aliphatic rings. The van der Waals surface area contributed by atoms with Crippen LogP contribution in [-0.4, -0.2) is 23.7 Å². The summed E-state index contributed by atoms with van der Waals surface area (Å²) in [4.78, 5) is 12.2. The number of nitrogens with one attached hydrogen (secondary N) is 1. The molecule has 3 nitrogen and oxygen atoms in total. The van der Waals surface area contributed by atoms with Crippen molar-refractivity contribution in [2.75, 3.05) is 6.61 Å². The summed E-state index contributed by atoms with van der Waals surface area (Å²) in [7, 11) is 0. The Hall–Kier alpha value is -1.79. The first-order valence-corrected chi connectivity index (χ1v) is 7.12. The van der Waals surface area contributed by atoms with Crippen LogP contribution in [0.2, 0.25) is 0 Å². The zero-order valence-corrected chi connectivity index (χ0v) is 12.1.